The maximum atomic E-state index is 11.8. The SMILES string of the molecule is COC[C@H](C)NC(=O)CSc1nnc(-c2ccccc2C)o1. The quantitative estimate of drug-likeness (QED) is 0.788. The van der Waals surface area contributed by atoms with Gasteiger partial charge in [-0.05, 0) is 25.5 Å². The molecule has 1 N–H and O–H groups in total. The smallest absolute Gasteiger partial charge is 0.277 e. The monoisotopic (exact) mass is 321 g/mol. The van der Waals surface area contributed by atoms with Crippen molar-refractivity contribution >= 4 is 17.7 Å². The molecule has 0 radical (unpaired) electrons. The first-order valence-corrected chi connectivity index (χ1v) is 7.89. The predicted octanol–water partition coefficient (Wildman–Crippen LogP) is 2.29. The minimum atomic E-state index is -0.0924. The molecule has 0 aliphatic carbocycles. The number of thioether (sulfide) groups is 1. The second-order valence-electron chi connectivity index (χ2n) is 4.90. The highest BCUT2D eigenvalue weighted by molar-refractivity contribution is 7.99. The van der Waals surface area contributed by atoms with Gasteiger partial charge in [-0.15, -0.1) is 10.2 Å². The Morgan fingerprint density at radius 3 is 2.91 bits per heavy atom. The first kappa shape index (κ1) is 16.5. The minimum absolute atomic E-state index is 0.0247. The van der Waals surface area contributed by atoms with E-state index in [2.05, 4.69) is 15.5 Å². The summed E-state index contributed by atoms with van der Waals surface area (Å²) in [6.07, 6.45) is 0. The summed E-state index contributed by atoms with van der Waals surface area (Å²) in [6, 6.07) is 7.76. The number of hydrogen-bond acceptors (Lipinski definition) is 6. The Balaban J connectivity index is 1.90. The predicted molar refractivity (Wildman–Crippen MR) is 84.7 cm³/mol. The number of rotatable bonds is 7. The molecule has 1 aromatic heterocycles. The van der Waals surface area contributed by atoms with Crippen molar-refractivity contribution in [1.82, 2.24) is 15.5 Å². The van der Waals surface area contributed by atoms with Gasteiger partial charge in [0.1, 0.15) is 0 Å². The lowest BCUT2D eigenvalue weighted by Gasteiger charge is -2.11. The molecule has 1 amide bonds. The zero-order chi connectivity index (χ0) is 15.9. The number of aryl methyl sites for hydroxylation is 1. The Morgan fingerprint density at radius 2 is 2.18 bits per heavy atom. The van der Waals surface area contributed by atoms with Gasteiger partial charge in [0.05, 0.1) is 12.4 Å². The summed E-state index contributed by atoms with van der Waals surface area (Å²) < 4.78 is 10.6. The molecular weight excluding hydrogens is 302 g/mol. The molecule has 22 heavy (non-hydrogen) atoms. The summed E-state index contributed by atoms with van der Waals surface area (Å²) in [7, 11) is 1.60. The van der Waals surface area contributed by atoms with E-state index in [1.807, 2.05) is 38.1 Å². The number of hydrogen-bond donors (Lipinski definition) is 1. The van der Waals surface area contributed by atoms with Gasteiger partial charge in [0.25, 0.3) is 5.22 Å². The highest BCUT2D eigenvalue weighted by Crippen LogP contribution is 2.25. The number of benzene rings is 1. The molecular formula is C15H19N3O3S. The third-order valence-corrected chi connectivity index (χ3v) is 3.75. The second kappa shape index (κ2) is 7.95. The van der Waals surface area contributed by atoms with Gasteiger partial charge >= 0.3 is 0 Å². The summed E-state index contributed by atoms with van der Waals surface area (Å²) in [5.41, 5.74) is 1.97. The van der Waals surface area contributed by atoms with Gasteiger partial charge in [-0.25, -0.2) is 0 Å². The van der Waals surface area contributed by atoms with Gasteiger partial charge in [0.15, 0.2) is 0 Å². The standard InChI is InChI=1S/C15H19N3O3S/c1-10-6-4-5-7-12(10)14-17-18-15(21-14)22-9-13(19)16-11(2)8-20-3/h4-7,11H,8-9H2,1-3H3,(H,16,19)/t11-/m0/s1. The molecule has 0 unspecified atom stereocenters. The van der Waals surface area contributed by atoms with Gasteiger partial charge in [-0.2, -0.15) is 0 Å². The first-order chi connectivity index (χ1) is 10.6. The van der Waals surface area contributed by atoms with Crippen molar-refractivity contribution in [2.45, 2.75) is 25.1 Å². The van der Waals surface area contributed by atoms with Crippen molar-refractivity contribution in [3.63, 3.8) is 0 Å². The van der Waals surface area contributed by atoms with E-state index in [4.69, 9.17) is 9.15 Å². The molecule has 118 valence electrons. The summed E-state index contributed by atoms with van der Waals surface area (Å²) in [4.78, 5) is 11.8. The number of amides is 1. The molecule has 0 bridgehead atoms. The van der Waals surface area contributed by atoms with E-state index in [9.17, 15) is 4.79 Å². The Labute approximate surface area is 133 Å². The zero-order valence-electron chi connectivity index (χ0n) is 12.8. The molecule has 7 heteroatoms. The van der Waals surface area contributed by atoms with Crippen molar-refractivity contribution < 1.29 is 13.9 Å². The van der Waals surface area contributed by atoms with Crippen LogP contribution in [0.1, 0.15) is 12.5 Å². The van der Waals surface area contributed by atoms with E-state index >= 15 is 0 Å². The Morgan fingerprint density at radius 1 is 1.41 bits per heavy atom. The molecule has 6 nitrogen and oxygen atoms in total. The number of aromatic nitrogens is 2. The van der Waals surface area contributed by atoms with Gasteiger partial charge in [0.2, 0.25) is 11.8 Å². The van der Waals surface area contributed by atoms with Crippen molar-refractivity contribution in [3.05, 3.63) is 29.8 Å². The Hall–Kier alpha value is -1.86. The molecule has 0 aliphatic heterocycles. The Bertz CT molecular complexity index is 630. The van der Waals surface area contributed by atoms with Gasteiger partial charge in [-0.1, -0.05) is 30.0 Å². The molecule has 0 spiro atoms. The van der Waals surface area contributed by atoms with Crippen molar-refractivity contribution in [1.29, 1.82) is 0 Å². The van der Waals surface area contributed by atoms with Crippen LogP contribution < -0.4 is 5.32 Å². The fourth-order valence-corrected chi connectivity index (χ4v) is 2.50. The van der Waals surface area contributed by atoms with Crippen LogP contribution >= 0.6 is 11.8 Å². The van der Waals surface area contributed by atoms with Gasteiger partial charge < -0.3 is 14.5 Å². The average Bonchev–Trinajstić information content (AvgIpc) is 2.94. The van der Waals surface area contributed by atoms with Gasteiger partial charge in [0, 0.05) is 18.7 Å². The lowest BCUT2D eigenvalue weighted by Crippen LogP contribution is -2.36. The molecule has 0 saturated heterocycles. The average molecular weight is 321 g/mol. The second-order valence-corrected chi connectivity index (χ2v) is 5.83. The first-order valence-electron chi connectivity index (χ1n) is 6.90. The molecule has 1 heterocycles. The fraction of sp³-hybridized carbons (Fsp3) is 0.400. The maximum absolute atomic E-state index is 11.8. The van der Waals surface area contributed by atoms with E-state index in [0.717, 1.165) is 11.1 Å². The number of ether oxygens (including phenoxy) is 1. The lowest BCUT2D eigenvalue weighted by atomic mass is 10.1. The largest absolute Gasteiger partial charge is 0.411 e. The van der Waals surface area contributed by atoms with Crippen LogP contribution in [0, 0.1) is 6.92 Å². The van der Waals surface area contributed by atoms with Crippen LogP contribution in [0.3, 0.4) is 0 Å². The van der Waals surface area contributed by atoms with Crippen LogP contribution in [0.15, 0.2) is 33.9 Å². The highest BCUT2D eigenvalue weighted by Gasteiger charge is 2.13. The van der Waals surface area contributed by atoms with Crippen molar-refractivity contribution in [3.8, 4) is 11.5 Å². The van der Waals surface area contributed by atoms with Crippen molar-refractivity contribution in [2.24, 2.45) is 0 Å². The lowest BCUT2D eigenvalue weighted by molar-refractivity contribution is -0.119. The van der Waals surface area contributed by atoms with Crippen LogP contribution in [0.5, 0.6) is 0 Å². The molecule has 0 fully saturated rings. The summed E-state index contributed by atoms with van der Waals surface area (Å²) in [5.74, 6) is 0.600. The van der Waals surface area contributed by atoms with Crippen LogP contribution in [-0.4, -0.2) is 41.6 Å². The highest BCUT2D eigenvalue weighted by atomic mass is 32.2. The zero-order valence-corrected chi connectivity index (χ0v) is 13.6. The van der Waals surface area contributed by atoms with Crippen LogP contribution in [0.25, 0.3) is 11.5 Å². The topological polar surface area (TPSA) is 77.2 Å². The number of carbonyl (C=O) groups is 1. The summed E-state index contributed by atoms with van der Waals surface area (Å²) >= 11 is 1.22. The molecule has 0 saturated carbocycles. The minimum Gasteiger partial charge on any atom is -0.411 e. The van der Waals surface area contributed by atoms with Crippen LogP contribution in [0.2, 0.25) is 0 Å². The molecule has 0 aliphatic rings. The third-order valence-electron chi connectivity index (χ3n) is 2.93. The summed E-state index contributed by atoms with van der Waals surface area (Å²) in [5, 5.41) is 11.2. The van der Waals surface area contributed by atoms with E-state index in [1.54, 1.807) is 7.11 Å². The fourth-order valence-electron chi connectivity index (χ4n) is 1.93. The molecule has 2 rings (SSSR count). The van der Waals surface area contributed by atoms with Gasteiger partial charge in [-0.3, -0.25) is 4.79 Å². The van der Waals surface area contributed by atoms with E-state index in [0.29, 0.717) is 17.7 Å². The van der Waals surface area contributed by atoms with Crippen molar-refractivity contribution in [2.75, 3.05) is 19.5 Å². The van der Waals surface area contributed by atoms with Crippen LogP contribution in [0.4, 0.5) is 0 Å². The normalized spacial score (nSPS) is 12.1. The number of nitrogens with zero attached hydrogens (tertiary/aromatic N) is 2. The van der Waals surface area contributed by atoms with E-state index in [-0.39, 0.29) is 17.7 Å². The third kappa shape index (κ3) is 4.57. The van der Waals surface area contributed by atoms with E-state index in [1.165, 1.54) is 11.8 Å². The number of carbonyl (C=O) groups excluding carboxylic acids is 1. The van der Waals surface area contributed by atoms with Crippen LogP contribution in [-0.2, 0) is 9.53 Å². The Kier molecular flexibility index (Phi) is 5.97. The van der Waals surface area contributed by atoms with E-state index < -0.39 is 0 Å². The summed E-state index contributed by atoms with van der Waals surface area (Å²) in [6.45, 7) is 4.35. The maximum Gasteiger partial charge on any atom is 0.277 e. The molecule has 1 atom stereocenters. The number of nitrogens with one attached hydrogen (secondary N) is 1. The molecule has 1 aromatic carbocycles. The number of methoxy groups -OCH3 is 1. The molecule has 2 aromatic rings.